The van der Waals surface area contributed by atoms with Crippen LogP contribution in [0, 0.1) is 0 Å². The number of aryl methyl sites for hydroxylation is 1. The summed E-state index contributed by atoms with van der Waals surface area (Å²) in [5, 5.41) is 13.1. The number of amides is 1. The molecular formula is C18H21N3O5. The molecule has 1 aliphatic rings. The van der Waals surface area contributed by atoms with Crippen molar-refractivity contribution in [2.45, 2.75) is 45.3 Å². The quantitative estimate of drug-likeness (QED) is 0.843. The van der Waals surface area contributed by atoms with Gasteiger partial charge in [-0.2, -0.15) is 4.98 Å². The van der Waals surface area contributed by atoms with Gasteiger partial charge in [-0.1, -0.05) is 12.1 Å². The number of hydrogen-bond acceptors (Lipinski definition) is 6. The van der Waals surface area contributed by atoms with Crippen molar-refractivity contribution in [1.29, 1.82) is 0 Å². The highest BCUT2D eigenvalue weighted by Crippen LogP contribution is 2.21. The van der Waals surface area contributed by atoms with Crippen molar-refractivity contribution >= 4 is 11.9 Å². The minimum absolute atomic E-state index is 0.171. The lowest BCUT2D eigenvalue weighted by Crippen LogP contribution is -2.47. The number of nitrogens with zero attached hydrogens (tertiary/aromatic N) is 3. The Bertz CT molecular complexity index is 771. The van der Waals surface area contributed by atoms with E-state index in [1.54, 1.807) is 24.3 Å². The molecule has 0 saturated carbocycles. The summed E-state index contributed by atoms with van der Waals surface area (Å²) in [7, 11) is 0. The van der Waals surface area contributed by atoms with Crippen LogP contribution in [-0.4, -0.2) is 44.6 Å². The third-order valence-corrected chi connectivity index (χ3v) is 4.33. The fourth-order valence-corrected chi connectivity index (χ4v) is 2.93. The SMILES string of the molecule is CCc1nc(COc2ccc(C(=O)N3CCCC[C@H]3C(=O)O)cc2)no1. The number of carbonyl (C=O) groups excluding carboxylic acids is 1. The number of likely N-dealkylation sites (tertiary alicyclic amines) is 1. The van der Waals surface area contributed by atoms with Crippen LogP contribution in [0.5, 0.6) is 5.75 Å². The van der Waals surface area contributed by atoms with E-state index in [1.807, 2.05) is 6.92 Å². The number of carboxylic acid groups (broad SMARTS) is 1. The van der Waals surface area contributed by atoms with Gasteiger partial charge in [0.25, 0.3) is 5.91 Å². The summed E-state index contributed by atoms with van der Waals surface area (Å²) >= 11 is 0. The van der Waals surface area contributed by atoms with Crippen molar-refractivity contribution in [3.05, 3.63) is 41.5 Å². The summed E-state index contributed by atoms with van der Waals surface area (Å²) in [6, 6.07) is 5.87. The Labute approximate surface area is 150 Å². The minimum Gasteiger partial charge on any atom is -0.485 e. The topological polar surface area (TPSA) is 106 Å². The Morgan fingerprint density at radius 3 is 2.73 bits per heavy atom. The van der Waals surface area contributed by atoms with Crippen LogP contribution in [0.25, 0.3) is 0 Å². The second-order valence-corrected chi connectivity index (χ2v) is 6.12. The molecule has 26 heavy (non-hydrogen) atoms. The average Bonchev–Trinajstić information content (AvgIpc) is 3.14. The molecule has 0 spiro atoms. The van der Waals surface area contributed by atoms with E-state index in [9.17, 15) is 14.7 Å². The van der Waals surface area contributed by atoms with Crippen LogP contribution in [0.2, 0.25) is 0 Å². The standard InChI is InChI=1S/C18H21N3O5/c1-2-16-19-15(20-26-16)11-25-13-8-6-12(7-9-13)17(22)21-10-4-3-5-14(21)18(23)24/h6-9,14H,2-5,10-11H2,1H3,(H,23,24)/t14-/m0/s1. The van der Waals surface area contributed by atoms with Gasteiger partial charge in [-0.05, 0) is 43.5 Å². The Balaban J connectivity index is 1.62. The number of piperidine rings is 1. The lowest BCUT2D eigenvalue weighted by molar-refractivity contribution is -0.143. The maximum atomic E-state index is 12.6. The average molecular weight is 359 g/mol. The number of carboxylic acids is 1. The zero-order valence-corrected chi connectivity index (χ0v) is 14.6. The molecule has 2 heterocycles. The van der Waals surface area contributed by atoms with E-state index in [-0.39, 0.29) is 12.5 Å². The molecule has 1 amide bonds. The Kier molecular flexibility index (Phi) is 5.50. The van der Waals surface area contributed by atoms with E-state index >= 15 is 0 Å². The predicted octanol–water partition coefficient (Wildman–Crippen LogP) is 2.29. The summed E-state index contributed by atoms with van der Waals surface area (Å²) in [5.74, 6) is 0.357. The number of ether oxygens (including phenoxy) is 1. The molecule has 1 atom stereocenters. The smallest absolute Gasteiger partial charge is 0.326 e. The van der Waals surface area contributed by atoms with Gasteiger partial charge < -0.3 is 19.3 Å². The third kappa shape index (κ3) is 4.01. The van der Waals surface area contributed by atoms with Crippen molar-refractivity contribution in [3.63, 3.8) is 0 Å². The van der Waals surface area contributed by atoms with Crippen LogP contribution in [0.1, 0.15) is 48.3 Å². The number of carbonyl (C=O) groups is 2. The monoisotopic (exact) mass is 359 g/mol. The predicted molar refractivity (Wildman–Crippen MR) is 90.8 cm³/mol. The normalized spacial score (nSPS) is 17.1. The molecule has 0 radical (unpaired) electrons. The van der Waals surface area contributed by atoms with Crippen molar-refractivity contribution in [2.75, 3.05) is 6.54 Å². The molecule has 0 bridgehead atoms. The van der Waals surface area contributed by atoms with Gasteiger partial charge in [-0.15, -0.1) is 0 Å². The van der Waals surface area contributed by atoms with Gasteiger partial charge in [0.15, 0.2) is 6.61 Å². The Morgan fingerprint density at radius 2 is 2.08 bits per heavy atom. The second-order valence-electron chi connectivity index (χ2n) is 6.12. The largest absolute Gasteiger partial charge is 0.485 e. The summed E-state index contributed by atoms with van der Waals surface area (Å²) in [6.45, 7) is 2.56. The molecule has 1 saturated heterocycles. The van der Waals surface area contributed by atoms with Crippen molar-refractivity contribution in [3.8, 4) is 5.75 Å². The molecule has 8 nitrogen and oxygen atoms in total. The van der Waals surface area contributed by atoms with Gasteiger partial charge in [0.2, 0.25) is 11.7 Å². The van der Waals surface area contributed by atoms with Crippen LogP contribution in [0.4, 0.5) is 0 Å². The maximum absolute atomic E-state index is 12.6. The van der Waals surface area contributed by atoms with Gasteiger partial charge in [-0.25, -0.2) is 4.79 Å². The molecular weight excluding hydrogens is 338 g/mol. The Morgan fingerprint density at radius 1 is 1.31 bits per heavy atom. The molecule has 3 rings (SSSR count). The highest BCUT2D eigenvalue weighted by molar-refractivity contribution is 5.96. The molecule has 1 fully saturated rings. The zero-order valence-electron chi connectivity index (χ0n) is 14.6. The fraction of sp³-hybridized carbons (Fsp3) is 0.444. The minimum atomic E-state index is -0.954. The first-order valence-corrected chi connectivity index (χ1v) is 8.66. The third-order valence-electron chi connectivity index (χ3n) is 4.33. The molecule has 8 heteroatoms. The van der Waals surface area contributed by atoms with Crippen LogP contribution in [0.3, 0.4) is 0 Å². The molecule has 1 aliphatic heterocycles. The summed E-state index contributed by atoms with van der Waals surface area (Å²) in [4.78, 5) is 29.6. The Hall–Kier alpha value is -2.90. The van der Waals surface area contributed by atoms with E-state index in [0.717, 1.165) is 12.8 Å². The van der Waals surface area contributed by atoms with E-state index < -0.39 is 12.0 Å². The number of aromatic nitrogens is 2. The van der Waals surface area contributed by atoms with Crippen LogP contribution < -0.4 is 4.74 Å². The zero-order chi connectivity index (χ0) is 18.5. The molecule has 138 valence electrons. The lowest BCUT2D eigenvalue weighted by atomic mass is 10.0. The number of rotatable bonds is 6. The number of benzene rings is 1. The fourth-order valence-electron chi connectivity index (χ4n) is 2.93. The first kappa shape index (κ1) is 17.9. The summed E-state index contributed by atoms with van der Waals surface area (Å²) in [6.07, 6.45) is 2.80. The highest BCUT2D eigenvalue weighted by atomic mass is 16.5. The van der Waals surface area contributed by atoms with Gasteiger partial charge >= 0.3 is 5.97 Å². The number of aliphatic carboxylic acids is 1. The molecule has 1 aromatic carbocycles. The van der Waals surface area contributed by atoms with Crippen LogP contribution in [0.15, 0.2) is 28.8 Å². The highest BCUT2D eigenvalue weighted by Gasteiger charge is 2.32. The van der Waals surface area contributed by atoms with E-state index in [2.05, 4.69) is 10.1 Å². The molecule has 1 aromatic heterocycles. The molecule has 0 aliphatic carbocycles. The van der Waals surface area contributed by atoms with Crippen molar-refractivity contribution < 1.29 is 24.0 Å². The van der Waals surface area contributed by atoms with Crippen molar-refractivity contribution in [1.82, 2.24) is 15.0 Å². The van der Waals surface area contributed by atoms with E-state index in [1.165, 1.54) is 4.90 Å². The molecule has 1 N–H and O–H groups in total. The van der Waals surface area contributed by atoms with Gasteiger partial charge in [0.05, 0.1) is 0 Å². The van der Waals surface area contributed by atoms with E-state index in [4.69, 9.17) is 9.26 Å². The lowest BCUT2D eigenvalue weighted by Gasteiger charge is -2.33. The first-order chi connectivity index (χ1) is 12.6. The maximum Gasteiger partial charge on any atom is 0.326 e. The van der Waals surface area contributed by atoms with Crippen LogP contribution >= 0.6 is 0 Å². The van der Waals surface area contributed by atoms with Crippen molar-refractivity contribution in [2.24, 2.45) is 0 Å². The first-order valence-electron chi connectivity index (χ1n) is 8.66. The van der Waals surface area contributed by atoms with Crippen LogP contribution in [-0.2, 0) is 17.8 Å². The summed E-state index contributed by atoms with van der Waals surface area (Å²) in [5.41, 5.74) is 0.443. The van der Waals surface area contributed by atoms with Gasteiger partial charge in [0, 0.05) is 18.5 Å². The summed E-state index contributed by atoms with van der Waals surface area (Å²) < 4.78 is 10.6. The second kappa shape index (κ2) is 7.99. The molecule has 2 aromatic rings. The van der Waals surface area contributed by atoms with Gasteiger partial charge in [0.1, 0.15) is 11.8 Å². The number of hydrogen-bond donors (Lipinski definition) is 1. The molecule has 0 unspecified atom stereocenters. The van der Waals surface area contributed by atoms with E-state index in [0.29, 0.717) is 42.4 Å². The van der Waals surface area contributed by atoms with Gasteiger partial charge in [-0.3, -0.25) is 4.79 Å².